The highest BCUT2D eigenvalue weighted by atomic mass is 19.1. The van der Waals surface area contributed by atoms with Gasteiger partial charge >= 0.3 is 0 Å². The Labute approximate surface area is 116 Å². The molecule has 3 atom stereocenters. The second kappa shape index (κ2) is 6.28. The van der Waals surface area contributed by atoms with E-state index in [1.165, 1.54) is 13.0 Å². The van der Waals surface area contributed by atoms with Gasteiger partial charge in [0.1, 0.15) is 11.6 Å². The second-order valence-electron chi connectivity index (χ2n) is 4.90. The van der Waals surface area contributed by atoms with E-state index in [1.807, 2.05) is 0 Å². The highest BCUT2D eigenvalue weighted by Gasteiger charge is 2.31. The van der Waals surface area contributed by atoms with E-state index in [0.29, 0.717) is 13.1 Å². The number of benzene rings is 1. The van der Waals surface area contributed by atoms with Crippen LogP contribution >= 0.6 is 0 Å². The molecule has 1 aromatic rings. The third-order valence-electron chi connectivity index (χ3n) is 3.61. The minimum absolute atomic E-state index is 0.128. The number of carbonyl (C=O) groups is 1. The van der Waals surface area contributed by atoms with Crippen molar-refractivity contribution in [3.05, 3.63) is 35.4 Å². The molecule has 1 amide bonds. The van der Waals surface area contributed by atoms with Crippen LogP contribution in [0.1, 0.15) is 18.4 Å². The molecule has 2 unspecified atom stereocenters. The average molecular weight is 284 g/mol. The molecular formula is C14H18F2N2O2. The van der Waals surface area contributed by atoms with Crippen LogP contribution in [0.2, 0.25) is 0 Å². The molecule has 1 saturated heterocycles. The lowest BCUT2D eigenvalue weighted by Crippen LogP contribution is -2.45. The second-order valence-corrected chi connectivity index (χ2v) is 4.90. The summed E-state index contributed by atoms with van der Waals surface area (Å²) in [6.45, 7) is 2.71. The first-order chi connectivity index (χ1) is 9.54. The smallest absolute Gasteiger partial charge is 0.227 e. The summed E-state index contributed by atoms with van der Waals surface area (Å²) in [5, 5.41) is 5.87. The van der Waals surface area contributed by atoms with Gasteiger partial charge < -0.3 is 15.4 Å². The third kappa shape index (κ3) is 2.96. The molecule has 6 heteroatoms. The molecule has 4 nitrogen and oxygen atoms in total. The van der Waals surface area contributed by atoms with Gasteiger partial charge in [-0.1, -0.05) is 6.07 Å². The van der Waals surface area contributed by atoms with E-state index in [4.69, 9.17) is 4.74 Å². The van der Waals surface area contributed by atoms with E-state index in [-0.39, 0.29) is 17.7 Å². The lowest BCUT2D eigenvalue weighted by molar-refractivity contribution is -0.123. The number of methoxy groups -OCH3 is 1. The Morgan fingerprint density at radius 2 is 2.05 bits per heavy atom. The quantitative estimate of drug-likeness (QED) is 0.872. The fourth-order valence-electron chi connectivity index (χ4n) is 2.41. The normalized spacial score (nSPS) is 23.6. The fraction of sp³-hybridized carbons (Fsp3) is 0.500. The molecule has 1 aliphatic rings. The standard InChI is InChI=1S/C14H18F2N2O2/c1-8(13-9(15)4-3-5-10(13)16)14(19)18-11-6-17-7-12(11)20-2/h3-5,8,11-12,17H,6-7H2,1-2H3,(H,18,19)/t8?,11?,12-/m0/s1. The molecule has 0 radical (unpaired) electrons. The van der Waals surface area contributed by atoms with E-state index in [9.17, 15) is 13.6 Å². The first-order valence-corrected chi connectivity index (χ1v) is 6.52. The lowest BCUT2D eigenvalue weighted by Gasteiger charge is -2.21. The maximum atomic E-state index is 13.7. The number of carbonyl (C=O) groups excluding carboxylic acids is 1. The summed E-state index contributed by atoms with van der Waals surface area (Å²) in [5.41, 5.74) is -0.204. The molecule has 0 aliphatic carbocycles. The van der Waals surface area contributed by atoms with Gasteiger partial charge in [-0.15, -0.1) is 0 Å². The Morgan fingerprint density at radius 3 is 2.65 bits per heavy atom. The lowest BCUT2D eigenvalue weighted by atomic mass is 9.98. The molecule has 2 N–H and O–H groups in total. The number of ether oxygens (including phenoxy) is 1. The van der Waals surface area contributed by atoms with Crippen molar-refractivity contribution in [1.29, 1.82) is 0 Å². The molecule has 0 bridgehead atoms. The van der Waals surface area contributed by atoms with Gasteiger partial charge in [0.15, 0.2) is 0 Å². The van der Waals surface area contributed by atoms with E-state index >= 15 is 0 Å². The largest absolute Gasteiger partial charge is 0.378 e. The van der Waals surface area contributed by atoms with Crippen LogP contribution in [0.25, 0.3) is 0 Å². The molecule has 110 valence electrons. The van der Waals surface area contributed by atoms with Gasteiger partial charge in [0.05, 0.1) is 18.1 Å². The molecule has 1 aromatic carbocycles. The fourth-order valence-corrected chi connectivity index (χ4v) is 2.41. The maximum absolute atomic E-state index is 13.7. The SMILES string of the molecule is CO[C@H]1CNCC1NC(=O)C(C)c1c(F)cccc1F. The Balaban J connectivity index is 2.09. The average Bonchev–Trinajstić information content (AvgIpc) is 2.85. The number of hydrogen-bond donors (Lipinski definition) is 2. The predicted molar refractivity (Wildman–Crippen MR) is 70.4 cm³/mol. The Bertz CT molecular complexity index is 476. The zero-order valence-electron chi connectivity index (χ0n) is 11.5. The van der Waals surface area contributed by atoms with E-state index in [0.717, 1.165) is 12.1 Å². The summed E-state index contributed by atoms with van der Waals surface area (Å²) in [5.74, 6) is -2.72. The van der Waals surface area contributed by atoms with Crippen molar-refractivity contribution in [2.75, 3.05) is 20.2 Å². The van der Waals surface area contributed by atoms with Gasteiger partial charge in [0.2, 0.25) is 5.91 Å². The van der Waals surface area contributed by atoms with Crippen LogP contribution in [0.5, 0.6) is 0 Å². The Morgan fingerprint density at radius 1 is 1.40 bits per heavy atom. The third-order valence-corrected chi connectivity index (χ3v) is 3.61. The minimum Gasteiger partial charge on any atom is -0.378 e. The van der Waals surface area contributed by atoms with Crippen molar-refractivity contribution >= 4 is 5.91 Å². The first kappa shape index (κ1) is 14.9. The van der Waals surface area contributed by atoms with Crippen LogP contribution in [0.3, 0.4) is 0 Å². The summed E-state index contributed by atoms with van der Waals surface area (Å²) >= 11 is 0. The van der Waals surface area contributed by atoms with Crippen LogP contribution in [-0.4, -0.2) is 38.3 Å². The first-order valence-electron chi connectivity index (χ1n) is 6.52. The van der Waals surface area contributed by atoms with Crippen LogP contribution in [0, 0.1) is 11.6 Å². The summed E-state index contributed by atoms with van der Waals surface area (Å²) in [6, 6.07) is 3.39. The van der Waals surface area contributed by atoms with Crippen molar-refractivity contribution < 1.29 is 18.3 Å². The molecule has 20 heavy (non-hydrogen) atoms. The van der Waals surface area contributed by atoms with Crippen LogP contribution in [0.4, 0.5) is 8.78 Å². The van der Waals surface area contributed by atoms with Gasteiger partial charge in [-0.2, -0.15) is 0 Å². The maximum Gasteiger partial charge on any atom is 0.227 e. The molecule has 1 aliphatic heterocycles. The van der Waals surface area contributed by atoms with Crippen LogP contribution in [-0.2, 0) is 9.53 Å². The zero-order chi connectivity index (χ0) is 14.7. The Kier molecular flexibility index (Phi) is 4.67. The van der Waals surface area contributed by atoms with Gasteiger partial charge in [-0.25, -0.2) is 8.78 Å². The zero-order valence-corrected chi connectivity index (χ0v) is 11.5. The van der Waals surface area contributed by atoms with Crippen LogP contribution < -0.4 is 10.6 Å². The van der Waals surface area contributed by atoms with Gasteiger partial charge in [-0.05, 0) is 19.1 Å². The predicted octanol–water partition coefficient (Wildman–Crippen LogP) is 1.17. The topological polar surface area (TPSA) is 50.4 Å². The van der Waals surface area contributed by atoms with Crippen LogP contribution in [0.15, 0.2) is 18.2 Å². The summed E-state index contributed by atoms with van der Waals surface area (Å²) in [6.07, 6.45) is -0.128. The number of halogens is 2. The number of rotatable bonds is 4. The van der Waals surface area contributed by atoms with Gasteiger partial charge in [0, 0.05) is 25.8 Å². The highest BCUT2D eigenvalue weighted by Crippen LogP contribution is 2.22. The molecule has 1 heterocycles. The monoisotopic (exact) mass is 284 g/mol. The van der Waals surface area contributed by atoms with E-state index < -0.39 is 23.5 Å². The number of hydrogen-bond acceptors (Lipinski definition) is 3. The van der Waals surface area contributed by atoms with Crippen molar-refractivity contribution in [2.24, 2.45) is 0 Å². The Hall–Kier alpha value is -1.53. The summed E-state index contributed by atoms with van der Waals surface area (Å²) < 4.78 is 32.6. The number of nitrogens with one attached hydrogen (secondary N) is 2. The molecule has 0 spiro atoms. The minimum atomic E-state index is -0.894. The molecule has 0 saturated carbocycles. The number of amides is 1. The van der Waals surface area contributed by atoms with Gasteiger partial charge in [-0.3, -0.25) is 4.79 Å². The van der Waals surface area contributed by atoms with Crippen molar-refractivity contribution in [2.45, 2.75) is 25.0 Å². The molecule has 1 fully saturated rings. The van der Waals surface area contributed by atoms with Crippen molar-refractivity contribution in [3.8, 4) is 0 Å². The van der Waals surface area contributed by atoms with E-state index in [1.54, 1.807) is 7.11 Å². The van der Waals surface area contributed by atoms with Gasteiger partial charge in [0.25, 0.3) is 0 Å². The van der Waals surface area contributed by atoms with E-state index in [2.05, 4.69) is 10.6 Å². The van der Waals surface area contributed by atoms with Crippen molar-refractivity contribution in [1.82, 2.24) is 10.6 Å². The summed E-state index contributed by atoms with van der Waals surface area (Å²) in [7, 11) is 1.57. The summed E-state index contributed by atoms with van der Waals surface area (Å²) in [4.78, 5) is 12.1. The molecular weight excluding hydrogens is 266 g/mol. The molecule has 0 aromatic heterocycles. The highest BCUT2D eigenvalue weighted by molar-refractivity contribution is 5.83. The van der Waals surface area contributed by atoms with Crippen molar-refractivity contribution in [3.63, 3.8) is 0 Å². The molecule has 2 rings (SSSR count).